The van der Waals surface area contributed by atoms with Crippen LogP contribution in [-0.2, 0) is 17.8 Å². The number of hydrogen-bond donors (Lipinski definition) is 1. The van der Waals surface area contributed by atoms with Gasteiger partial charge in [-0.3, -0.25) is 4.79 Å². The number of fused-ring (bicyclic) bond motifs is 1. The van der Waals surface area contributed by atoms with Gasteiger partial charge < -0.3 is 10.2 Å². The number of carbonyl (C=O) groups excluding carboxylic acids is 1. The van der Waals surface area contributed by atoms with Crippen molar-refractivity contribution in [2.24, 2.45) is 5.92 Å². The van der Waals surface area contributed by atoms with E-state index < -0.39 is 0 Å². The molecule has 0 spiro atoms. The highest BCUT2D eigenvalue weighted by Crippen LogP contribution is 2.21. The first-order valence-corrected chi connectivity index (χ1v) is 7.88. The van der Waals surface area contributed by atoms with E-state index in [2.05, 4.69) is 34.5 Å². The van der Waals surface area contributed by atoms with E-state index in [0.29, 0.717) is 11.8 Å². The second kappa shape index (κ2) is 6.40. The molecule has 3 rings (SSSR count). The van der Waals surface area contributed by atoms with Gasteiger partial charge in [0.1, 0.15) is 0 Å². The highest BCUT2D eigenvalue weighted by Gasteiger charge is 2.22. The number of nitrogens with zero attached hydrogens (tertiary/aromatic N) is 1. The van der Waals surface area contributed by atoms with Crippen molar-refractivity contribution in [2.75, 3.05) is 19.6 Å². The minimum absolute atomic E-state index is 0.343. The van der Waals surface area contributed by atoms with Crippen molar-refractivity contribution in [3.63, 3.8) is 0 Å². The normalized spacial score (nSPS) is 23.0. The molecule has 1 N–H and O–H groups in total. The van der Waals surface area contributed by atoms with Gasteiger partial charge in [-0.25, -0.2) is 0 Å². The molecule has 1 amide bonds. The van der Waals surface area contributed by atoms with Crippen molar-refractivity contribution in [3.8, 4) is 0 Å². The first-order chi connectivity index (χ1) is 9.83. The predicted molar refractivity (Wildman–Crippen MR) is 80.4 cm³/mol. The van der Waals surface area contributed by atoms with Crippen LogP contribution in [0.2, 0.25) is 0 Å². The molecule has 0 aliphatic carbocycles. The number of aryl methyl sites for hydroxylation is 1. The van der Waals surface area contributed by atoms with Gasteiger partial charge in [-0.05, 0) is 55.8 Å². The molecule has 1 unspecified atom stereocenters. The molecule has 0 radical (unpaired) electrons. The Morgan fingerprint density at radius 2 is 2.10 bits per heavy atom. The maximum absolute atomic E-state index is 12.5. The Balaban J connectivity index is 1.63. The van der Waals surface area contributed by atoms with Crippen LogP contribution in [0.3, 0.4) is 0 Å². The van der Waals surface area contributed by atoms with Gasteiger partial charge in [0, 0.05) is 19.5 Å². The van der Waals surface area contributed by atoms with Crippen LogP contribution in [0.25, 0.3) is 0 Å². The number of nitrogens with one attached hydrogen (secondary N) is 1. The number of piperidine rings is 1. The fourth-order valence-electron chi connectivity index (χ4n) is 3.39. The van der Waals surface area contributed by atoms with E-state index in [0.717, 1.165) is 45.4 Å². The molecule has 1 aromatic carbocycles. The van der Waals surface area contributed by atoms with Gasteiger partial charge in [-0.1, -0.05) is 24.3 Å². The summed E-state index contributed by atoms with van der Waals surface area (Å²) in [5, 5.41) is 3.40. The lowest BCUT2D eigenvalue weighted by atomic mass is 9.95. The first kappa shape index (κ1) is 13.6. The minimum atomic E-state index is 0.343. The summed E-state index contributed by atoms with van der Waals surface area (Å²) in [6.45, 7) is 3.83. The Bertz CT molecular complexity index is 466. The molecule has 20 heavy (non-hydrogen) atoms. The van der Waals surface area contributed by atoms with Crippen molar-refractivity contribution < 1.29 is 4.79 Å². The Hall–Kier alpha value is -1.35. The van der Waals surface area contributed by atoms with E-state index in [9.17, 15) is 4.79 Å². The average Bonchev–Trinajstić information content (AvgIpc) is 2.70. The van der Waals surface area contributed by atoms with Gasteiger partial charge in [0.15, 0.2) is 0 Å². The van der Waals surface area contributed by atoms with Gasteiger partial charge in [0.25, 0.3) is 0 Å². The second-order valence-corrected chi connectivity index (χ2v) is 6.10. The number of amides is 1. The lowest BCUT2D eigenvalue weighted by Gasteiger charge is -2.26. The van der Waals surface area contributed by atoms with Crippen LogP contribution in [0.4, 0.5) is 0 Å². The monoisotopic (exact) mass is 272 g/mol. The van der Waals surface area contributed by atoms with Crippen molar-refractivity contribution in [3.05, 3.63) is 35.4 Å². The van der Waals surface area contributed by atoms with E-state index in [1.165, 1.54) is 24.0 Å². The number of benzene rings is 1. The summed E-state index contributed by atoms with van der Waals surface area (Å²) in [4.78, 5) is 14.6. The van der Waals surface area contributed by atoms with E-state index in [4.69, 9.17) is 0 Å². The quantitative estimate of drug-likeness (QED) is 0.896. The van der Waals surface area contributed by atoms with Crippen LogP contribution in [0, 0.1) is 5.92 Å². The highest BCUT2D eigenvalue weighted by atomic mass is 16.2. The summed E-state index contributed by atoms with van der Waals surface area (Å²) in [6, 6.07) is 8.55. The molecule has 0 bridgehead atoms. The van der Waals surface area contributed by atoms with Gasteiger partial charge in [-0.15, -0.1) is 0 Å². The molecule has 108 valence electrons. The van der Waals surface area contributed by atoms with Crippen LogP contribution in [0.15, 0.2) is 24.3 Å². The number of hydrogen-bond acceptors (Lipinski definition) is 2. The molecule has 2 aliphatic rings. The van der Waals surface area contributed by atoms with Gasteiger partial charge >= 0.3 is 0 Å². The Kier molecular flexibility index (Phi) is 4.36. The van der Waals surface area contributed by atoms with E-state index in [1.54, 1.807) is 0 Å². The SMILES string of the molecule is O=C(CC1CCCNC1)N1CCCc2ccccc2C1. The third-order valence-electron chi connectivity index (χ3n) is 4.57. The van der Waals surface area contributed by atoms with Crippen molar-refractivity contribution >= 4 is 5.91 Å². The summed E-state index contributed by atoms with van der Waals surface area (Å²) >= 11 is 0. The van der Waals surface area contributed by atoms with Crippen LogP contribution in [0.1, 0.15) is 36.8 Å². The zero-order valence-electron chi connectivity index (χ0n) is 12.1. The van der Waals surface area contributed by atoms with Crippen molar-refractivity contribution in [1.82, 2.24) is 10.2 Å². The average molecular weight is 272 g/mol. The van der Waals surface area contributed by atoms with Gasteiger partial charge in [0.2, 0.25) is 5.91 Å². The molecular formula is C17H24N2O. The summed E-state index contributed by atoms with van der Waals surface area (Å²) in [5.41, 5.74) is 2.75. The zero-order chi connectivity index (χ0) is 13.8. The maximum Gasteiger partial charge on any atom is 0.223 e. The first-order valence-electron chi connectivity index (χ1n) is 7.88. The third kappa shape index (κ3) is 3.21. The molecule has 1 fully saturated rings. The van der Waals surface area contributed by atoms with Crippen LogP contribution in [-0.4, -0.2) is 30.4 Å². The molecule has 1 saturated heterocycles. The molecule has 2 heterocycles. The van der Waals surface area contributed by atoms with Gasteiger partial charge in [0.05, 0.1) is 0 Å². The molecule has 3 nitrogen and oxygen atoms in total. The van der Waals surface area contributed by atoms with Crippen LogP contribution >= 0.6 is 0 Å². The van der Waals surface area contributed by atoms with E-state index in [-0.39, 0.29) is 0 Å². The van der Waals surface area contributed by atoms with Gasteiger partial charge in [-0.2, -0.15) is 0 Å². The predicted octanol–water partition coefficient (Wildman–Crippen LogP) is 2.35. The fraction of sp³-hybridized carbons (Fsp3) is 0.588. The summed E-state index contributed by atoms with van der Waals surface area (Å²) in [7, 11) is 0. The molecule has 0 aromatic heterocycles. The molecule has 0 saturated carbocycles. The molecule has 1 atom stereocenters. The van der Waals surface area contributed by atoms with E-state index >= 15 is 0 Å². The zero-order valence-corrected chi connectivity index (χ0v) is 12.1. The van der Waals surface area contributed by atoms with Crippen LogP contribution < -0.4 is 5.32 Å². The number of rotatable bonds is 2. The van der Waals surface area contributed by atoms with Crippen LogP contribution in [0.5, 0.6) is 0 Å². The Morgan fingerprint density at radius 3 is 2.90 bits per heavy atom. The largest absolute Gasteiger partial charge is 0.338 e. The Morgan fingerprint density at radius 1 is 1.25 bits per heavy atom. The summed E-state index contributed by atoms with van der Waals surface area (Å²) in [6.07, 6.45) is 5.32. The third-order valence-corrected chi connectivity index (χ3v) is 4.57. The number of carbonyl (C=O) groups is 1. The van der Waals surface area contributed by atoms with E-state index in [1.807, 2.05) is 0 Å². The summed E-state index contributed by atoms with van der Waals surface area (Å²) < 4.78 is 0. The molecular weight excluding hydrogens is 248 g/mol. The topological polar surface area (TPSA) is 32.3 Å². The minimum Gasteiger partial charge on any atom is -0.338 e. The Labute approximate surface area is 121 Å². The molecule has 1 aromatic rings. The van der Waals surface area contributed by atoms with Crippen molar-refractivity contribution in [2.45, 2.75) is 38.6 Å². The molecule has 3 heteroatoms. The lowest BCUT2D eigenvalue weighted by molar-refractivity contribution is -0.133. The van der Waals surface area contributed by atoms with Crippen molar-refractivity contribution in [1.29, 1.82) is 0 Å². The standard InChI is InChI=1S/C17H24N2O/c20-17(11-14-5-3-9-18-12-14)19-10-4-8-15-6-1-2-7-16(15)13-19/h1-2,6-7,14,18H,3-5,8-13H2. The highest BCUT2D eigenvalue weighted by molar-refractivity contribution is 5.76. The maximum atomic E-state index is 12.5. The smallest absolute Gasteiger partial charge is 0.223 e. The summed E-state index contributed by atoms with van der Waals surface area (Å²) in [5.74, 6) is 0.880. The fourth-order valence-corrected chi connectivity index (χ4v) is 3.39. The lowest BCUT2D eigenvalue weighted by Crippen LogP contribution is -2.36. The molecule has 2 aliphatic heterocycles. The second-order valence-electron chi connectivity index (χ2n) is 6.10.